The van der Waals surface area contributed by atoms with Crippen molar-refractivity contribution in [1.82, 2.24) is 14.9 Å². The molecule has 2 atom stereocenters. The van der Waals surface area contributed by atoms with Gasteiger partial charge in [-0.15, -0.1) is 0 Å². The van der Waals surface area contributed by atoms with Crippen molar-refractivity contribution in [3.8, 4) is 16.8 Å². The number of aryl methyl sites for hydroxylation is 1. The van der Waals surface area contributed by atoms with Crippen LogP contribution in [0.1, 0.15) is 37.9 Å². The van der Waals surface area contributed by atoms with E-state index in [1.165, 1.54) is 34.7 Å². The Morgan fingerprint density at radius 1 is 1.02 bits per heavy atom. The molecule has 2 aromatic heterocycles. The van der Waals surface area contributed by atoms with Crippen LogP contribution in [0.15, 0.2) is 47.4 Å². The smallest absolute Gasteiger partial charge is 0.281 e. The number of carbonyl (C=O) groups excluding carboxylic acids is 1. The molecule has 41 heavy (non-hydrogen) atoms. The summed E-state index contributed by atoms with van der Waals surface area (Å²) in [6.45, 7) is 8.18. The SMILES string of the molecule is Cc1ccnc(C(C)C)c1-n1c(=O)c2c(c3cc(F)c(-c4ccccc4F)c(F)c31)N1C[C@@H](C)NC[C@@H]1C(=O)N2C. The van der Waals surface area contributed by atoms with E-state index in [9.17, 15) is 14.0 Å². The Kier molecular flexibility index (Phi) is 6.41. The maximum absolute atomic E-state index is 16.9. The Morgan fingerprint density at radius 3 is 2.46 bits per heavy atom. The van der Waals surface area contributed by atoms with Crippen LogP contribution in [0.5, 0.6) is 0 Å². The Labute approximate surface area is 235 Å². The molecule has 0 radical (unpaired) electrons. The summed E-state index contributed by atoms with van der Waals surface area (Å²) in [6.07, 6.45) is 1.61. The third-order valence-corrected chi connectivity index (χ3v) is 8.11. The van der Waals surface area contributed by atoms with Crippen molar-refractivity contribution < 1.29 is 18.0 Å². The fourth-order valence-corrected chi connectivity index (χ4v) is 6.16. The van der Waals surface area contributed by atoms with E-state index in [1.807, 2.05) is 20.8 Å². The Morgan fingerprint density at radius 2 is 1.76 bits per heavy atom. The number of benzene rings is 2. The lowest BCUT2D eigenvalue weighted by molar-refractivity contribution is -0.120. The van der Waals surface area contributed by atoms with Gasteiger partial charge in [0.05, 0.1) is 28.1 Å². The normalized spacial score (nSPS) is 18.7. The molecule has 0 saturated carbocycles. The molecule has 6 rings (SSSR count). The van der Waals surface area contributed by atoms with Crippen molar-refractivity contribution >= 4 is 28.2 Å². The molecule has 2 aromatic carbocycles. The molecular formula is C31H30F3N5O2. The number of rotatable bonds is 3. The van der Waals surface area contributed by atoms with Gasteiger partial charge in [0.1, 0.15) is 23.4 Å². The monoisotopic (exact) mass is 561 g/mol. The van der Waals surface area contributed by atoms with Crippen LogP contribution in [-0.4, -0.2) is 47.7 Å². The molecule has 2 aliphatic heterocycles. The van der Waals surface area contributed by atoms with Gasteiger partial charge in [0, 0.05) is 43.3 Å². The van der Waals surface area contributed by atoms with Crippen molar-refractivity contribution in [3.63, 3.8) is 0 Å². The Balaban J connectivity index is 1.85. The van der Waals surface area contributed by atoms with Gasteiger partial charge in [-0.05, 0) is 43.5 Å². The number of carbonyl (C=O) groups is 1. The van der Waals surface area contributed by atoms with E-state index in [0.29, 0.717) is 30.0 Å². The number of likely N-dealkylation sites (N-methyl/N-ethyl adjacent to an activating group) is 1. The highest BCUT2D eigenvalue weighted by molar-refractivity contribution is 6.12. The maximum atomic E-state index is 16.9. The summed E-state index contributed by atoms with van der Waals surface area (Å²) in [5.41, 5.74) is 0.174. The van der Waals surface area contributed by atoms with Crippen molar-refractivity contribution in [2.75, 3.05) is 29.9 Å². The summed E-state index contributed by atoms with van der Waals surface area (Å²) in [7, 11) is 1.51. The van der Waals surface area contributed by atoms with E-state index < -0.39 is 34.6 Å². The first-order valence-electron chi connectivity index (χ1n) is 13.6. The standard InChI is InChI=1S/C31H30F3N5O2/c1-15(2)25-26(16(3)10-11-35-25)39-27-19(12-21(33)23(24(27)34)18-8-6-7-9-20(18)32)28-29(31(39)41)37(5)30(40)22-13-36-17(4)14-38(22)28/h6-12,15,17,22,36H,13-14H2,1-5H3/t17-,22-/m1/s1. The van der Waals surface area contributed by atoms with Gasteiger partial charge in [-0.25, -0.2) is 13.2 Å². The summed E-state index contributed by atoms with van der Waals surface area (Å²) in [4.78, 5) is 35.7. The number of aromatic nitrogens is 2. The van der Waals surface area contributed by atoms with Gasteiger partial charge in [0.15, 0.2) is 5.82 Å². The zero-order chi connectivity index (χ0) is 29.3. The third kappa shape index (κ3) is 3.95. The predicted molar refractivity (Wildman–Crippen MR) is 153 cm³/mol. The van der Waals surface area contributed by atoms with E-state index in [0.717, 1.165) is 12.1 Å². The van der Waals surface area contributed by atoms with Crippen LogP contribution in [0, 0.1) is 24.4 Å². The molecule has 0 unspecified atom stereocenters. The van der Waals surface area contributed by atoms with Crippen LogP contribution in [0.2, 0.25) is 0 Å². The molecule has 0 bridgehead atoms. The zero-order valence-corrected chi connectivity index (χ0v) is 23.4. The molecule has 1 N–H and O–H groups in total. The lowest BCUT2D eigenvalue weighted by Gasteiger charge is -2.46. The lowest BCUT2D eigenvalue weighted by atomic mass is 9.95. The quantitative estimate of drug-likeness (QED) is 0.380. The van der Waals surface area contributed by atoms with Crippen LogP contribution in [0.4, 0.5) is 24.5 Å². The summed E-state index contributed by atoms with van der Waals surface area (Å²) in [6, 6.07) is 7.53. The van der Waals surface area contributed by atoms with Crippen molar-refractivity contribution in [2.45, 2.75) is 45.7 Å². The first kappa shape index (κ1) is 27.0. The molecule has 10 heteroatoms. The molecule has 4 heterocycles. The second-order valence-electron chi connectivity index (χ2n) is 11.2. The molecule has 0 spiro atoms. The van der Waals surface area contributed by atoms with Gasteiger partial charge in [-0.2, -0.15) is 0 Å². The predicted octanol–water partition coefficient (Wildman–Crippen LogP) is 5.04. The highest BCUT2D eigenvalue weighted by Gasteiger charge is 2.43. The lowest BCUT2D eigenvalue weighted by Crippen LogP contribution is -2.64. The van der Waals surface area contributed by atoms with Crippen LogP contribution in [-0.2, 0) is 4.79 Å². The second-order valence-corrected chi connectivity index (χ2v) is 11.2. The number of halogens is 3. The highest BCUT2D eigenvalue weighted by atomic mass is 19.1. The third-order valence-electron chi connectivity index (χ3n) is 8.11. The first-order chi connectivity index (χ1) is 19.5. The highest BCUT2D eigenvalue weighted by Crippen LogP contribution is 2.44. The largest absolute Gasteiger partial charge is 0.354 e. The number of pyridine rings is 2. The van der Waals surface area contributed by atoms with Crippen molar-refractivity contribution in [2.24, 2.45) is 0 Å². The number of fused-ring (bicyclic) bond motifs is 5. The number of nitrogens with zero attached hydrogens (tertiary/aromatic N) is 4. The molecule has 2 aliphatic rings. The van der Waals surface area contributed by atoms with E-state index in [4.69, 9.17) is 0 Å². The first-order valence-corrected chi connectivity index (χ1v) is 13.6. The minimum atomic E-state index is -1.07. The van der Waals surface area contributed by atoms with E-state index in [1.54, 1.807) is 24.1 Å². The fourth-order valence-electron chi connectivity index (χ4n) is 6.16. The number of nitrogens with one attached hydrogen (secondary N) is 1. The molecule has 1 saturated heterocycles. The van der Waals surface area contributed by atoms with Gasteiger partial charge in [-0.1, -0.05) is 32.0 Å². The van der Waals surface area contributed by atoms with Gasteiger partial charge in [-0.3, -0.25) is 19.1 Å². The Hall–Kier alpha value is -4.18. The topological polar surface area (TPSA) is 70.5 Å². The average Bonchev–Trinajstić information content (AvgIpc) is 2.92. The Bertz CT molecular complexity index is 1800. The van der Waals surface area contributed by atoms with Crippen LogP contribution >= 0.6 is 0 Å². The molecule has 212 valence electrons. The molecule has 7 nitrogen and oxygen atoms in total. The van der Waals surface area contributed by atoms with Crippen molar-refractivity contribution in [1.29, 1.82) is 0 Å². The van der Waals surface area contributed by atoms with Gasteiger partial charge in [0.25, 0.3) is 11.5 Å². The number of hydrogen-bond acceptors (Lipinski definition) is 5. The zero-order valence-electron chi connectivity index (χ0n) is 23.4. The second kappa shape index (κ2) is 9.73. The van der Waals surface area contributed by atoms with E-state index in [2.05, 4.69) is 10.3 Å². The molecular weight excluding hydrogens is 531 g/mol. The molecule has 1 fully saturated rings. The molecule has 1 amide bonds. The van der Waals surface area contributed by atoms with Crippen molar-refractivity contribution in [3.05, 3.63) is 81.7 Å². The van der Waals surface area contributed by atoms with Crippen LogP contribution in [0.3, 0.4) is 0 Å². The average molecular weight is 562 g/mol. The van der Waals surface area contributed by atoms with Crippen LogP contribution < -0.4 is 20.7 Å². The summed E-state index contributed by atoms with van der Waals surface area (Å²) in [5, 5.41) is 3.40. The number of amides is 1. The minimum absolute atomic E-state index is 0.0308. The number of hydrogen-bond donors (Lipinski definition) is 1. The van der Waals surface area contributed by atoms with Gasteiger partial charge < -0.3 is 15.1 Å². The summed E-state index contributed by atoms with van der Waals surface area (Å²) < 4.78 is 49.1. The fraction of sp³-hybridized carbons (Fsp3) is 0.323. The summed E-state index contributed by atoms with van der Waals surface area (Å²) in [5.74, 6) is -3.29. The number of anilines is 2. The molecule has 4 aromatic rings. The van der Waals surface area contributed by atoms with E-state index in [-0.39, 0.29) is 45.7 Å². The summed E-state index contributed by atoms with van der Waals surface area (Å²) >= 11 is 0. The van der Waals surface area contributed by atoms with Crippen LogP contribution in [0.25, 0.3) is 27.7 Å². The van der Waals surface area contributed by atoms with Gasteiger partial charge in [0.2, 0.25) is 0 Å². The maximum Gasteiger partial charge on any atom is 0.281 e. The van der Waals surface area contributed by atoms with Gasteiger partial charge >= 0.3 is 0 Å². The minimum Gasteiger partial charge on any atom is -0.354 e. The number of piperazine rings is 1. The van der Waals surface area contributed by atoms with E-state index >= 15 is 8.78 Å². The molecule has 0 aliphatic carbocycles.